The molecule has 9 heteroatoms. The van der Waals surface area contributed by atoms with E-state index in [0.29, 0.717) is 12.8 Å². The average molecular weight is 401 g/mol. The summed E-state index contributed by atoms with van der Waals surface area (Å²) in [5, 5.41) is 2.45. The van der Waals surface area contributed by atoms with Crippen LogP contribution in [0, 0.1) is 17.6 Å². The van der Waals surface area contributed by atoms with Gasteiger partial charge in [0.1, 0.15) is 11.3 Å². The Balaban J connectivity index is 1.65. The van der Waals surface area contributed by atoms with E-state index in [2.05, 4.69) is 10.3 Å². The second-order valence-corrected chi connectivity index (χ2v) is 8.35. The average Bonchev–Trinajstić information content (AvgIpc) is 2.90. The normalized spacial score (nSPS) is 27.9. The van der Waals surface area contributed by atoms with E-state index in [1.54, 1.807) is 0 Å². The van der Waals surface area contributed by atoms with Gasteiger partial charge in [0.05, 0.1) is 5.52 Å². The van der Waals surface area contributed by atoms with E-state index >= 15 is 0 Å². The van der Waals surface area contributed by atoms with Crippen LogP contribution in [0.25, 0.3) is 11.0 Å². The van der Waals surface area contributed by atoms with Crippen LogP contribution in [0.4, 0.5) is 27.9 Å². The Morgan fingerprint density at radius 3 is 2.46 bits per heavy atom. The van der Waals surface area contributed by atoms with Gasteiger partial charge in [-0.25, -0.2) is 26.9 Å². The fraction of sp³-hybridized carbons (Fsp3) is 0.579. The van der Waals surface area contributed by atoms with Crippen molar-refractivity contribution in [2.75, 3.05) is 5.32 Å². The quantitative estimate of drug-likeness (QED) is 0.739. The van der Waals surface area contributed by atoms with Crippen LogP contribution in [0.2, 0.25) is 0 Å². The van der Waals surface area contributed by atoms with E-state index in [1.807, 2.05) is 6.92 Å². The van der Waals surface area contributed by atoms with E-state index in [-0.39, 0.29) is 17.0 Å². The van der Waals surface area contributed by atoms with Crippen molar-refractivity contribution in [2.45, 2.75) is 63.1 Å². The Labute approximate surface area is 158 Å². The molecule has 0 radical (unpaired) electrons. The minimum atomic E-state index is -3.58. The van der Waals surface area contributed by atoms with Crippen LogP contribution in [-0.2, 0) is 10.3 Å². The van der Waals surface area contributed by atoms with Gasteiger partial charge in [0.25, 0.3) is 5.92 Å². The lowest BCUT2D eigenvalue weighted by molar-refractivity contribution is -0.248. The third-order valence-electron chi connectivity index (χ3n) is 6.16. The summed E-state index contributed by atoms with van der Waals surface area (Å²) in [6.07, 6.45) is 1.32. The first-order valence-corrected chi connectivity index (χ1v) is 9.19. The van der Waals surface area contributed by atoms with Gasteiger partial charge < -0.3 is 4.57 Å². The lowest BCUT2D eigenvalue weighted by atomic mass is 9.67. The van der Waals surface area contributed by atoms with Crippen LogP contribution in [-0.4, -0.2) is 27.0 Å². The largest absolute Gasteiger partial charge is 0.302 e. The summed E-state index contributed by atoms with van der Waals surface area (Å²) >= 11 is 0. The molecule has 2 aromatic rings. The molecule has 2 fully saturated rings. The Hall–Kier alpha value is -2.19. The van der Waals surface area contributed by atoms with E-state index < -0.39 is 53.4 Å². The van der Waals surface area contributed by atoms with Crippen LogP contribution in [0.3, 0.4) is 0 Å². The molecule has 2 aliphatic carbocycles. The number of hydrogen-bond donors (Lipinski definition) is 1. The SMILES string of the molecule is CC1(n2c(NC(=O)CC3CC(C)(F)C3(F)F)nc3cc(F)cc(F)c32)CCC1. The van der Waals surface area contributed by atoms with Crippen LogP contribution in [0.5, 0.6) is 0 Å². The molecule has 0 aliphatic heterocycles. The lowest BCUT2D eigenvalue weighted by Crippen LogP contribution is -2.60. The second-order valence-electron chi connectivity index (χ2n) is 8.35. The Bertz CT molecular complexity index is 964. The third-order valence-corrected chi connectivity index (χ3v) is 6.16. The lowest BCUT2D eigenvalue weighted by Gasteiger charge is -2.47. The van der Waals surface area contributed by atoms with Crippen molar-refractivity contribution in [3.05, 3.63) is 23.8 Å². The molecule has 152 valence electrons. The number of imidazole rings is 1. The summed E-state index contributed by atoms with van der Waals surface area (Å²) in [6, 6.07) is 1.80. The Morgan fingerprint density at radius 1 is 1.25 bits per heavy atom. The first-order chi connectivity index (χ1) is 12.9. The predicted molar refractivity (Wildman–Crippen MR) is 93.0 cm³/mol. The van der Waals surface area contributed by atoms with Gasteiger partial charge in [0.2, 0.25) is 11.9 Å². The topological polar surface area (TPSA) is 46.9 Å². The van der Waals surface area contributed by atoms with Crippen molar-refractivity contribution in [3.63, 3.8) is 0 Å². The molecule has 2 saturated carbocycles. The minimum absolute atomic E-state index is 0.0163. The summed E-state index contributed by atoms with van der Waals surface area (Å²) in [7, 11) is 0. The van der Waals surface area contributed by atoms with Crippen molar-refractivity contribution in [1.29, 1.82) is 0 Å². The summed E-state index contributed by atoms with van der Waals surface area (Å²) in [6.45, 7) is 2.68. The minimum Gasteiger partial charge on any atom is -0.302 e. The highest BCUT2D eigenvalue weighted by molar-refractivity contribution is 5.92. The van der Waals surface area contributed by atoms with E-state index in [9.17, 15) is 26.7 Å². The van der Waals surface area contributed by atoms with Crippen molar-refractivity contribution in [2.24, 2.45) is 5.92 Å². The smallest absolute Gasteiger partial charge is 0.284 e. The number of benzene rings is 1. The predicted octanol–water partition coefficient (Wildman–Crippen LogP) is 4.93. The molecule has 0 spiro atoms. The van der Waals surface area contributed by atoms with Crippen molar-refractivity contribution < 1.29 is 26.7 Å². The number of alkyl halides is 3. The van der Waals surface area contributed by atoms with Crippen LogP contribution in [0.1, 0.15) is 46.0 Å². The van der Waals surface area contributed by atoms with Gasteiger partial charge in [-0.1, -0.05) is 0 Å². The number of nitrogens with zero attached hydrogens (tertiary/aromatic N) is 2. The molecule has 1 aromatic carbocycles. The van der Waals surface area contributed by atoms with E-state index in [4.69, 9.17) is 0 Å². The third kappa shape index (κ3) is 2.69. The zero-order valence-corrected chi connectivity index (χ0v) is 15.5. The molecule has 1 aromatic heterocycles. The number of anilines is 1. The van der Waals surface area contributed by atoms with Gasteiger partial charge in [0.15, 0.2) is 11.5 Å². The van der Waals surface area contributed by atoms with Gasteiger partial charge in [-0.15, -0.1) is 0 Å². The Kier molecular flexibility index (Phi) is 4.04. The summed E-state index contributed by atoms with van der Waals surface area (Å²) in [4.78, 5) is 16.5. The number of carbonyl (C=O) groups is 1. The first-order valence-electron chi connectivity index (χ1n) is 9.19. The summed E-state index contributed by atoms with van der Waals surface area (Å²) < 4.78 is 70.8. The zero-order valence-electron chi connectivity index (χ0n) is 15.5. The number of aromatic nitrogens is 2. The summed E-state index contributed by atoms with van der Waals surface area (Å²) in [5.74, 6) is -7.39. The molecule has 2 atom stereocenters. The number of amides is 1. The number of fused-ring (bicyclic) bond motifs is 1. The van der Waals surface area contributed by atoms with Crippen LogP contribution >= 0.6 is 0 Å². The number of hydrogen-bond acceptors (Lipinski definition) is 2. The molecule has 0 bridgehead atoms. The van der Waals surface area contributed by atoms with Gasteiger partial charge in [-0.3, -0.25) is 10.1 Å². The monoisotopic (exact) mass is 401 g/mol. The van der Waals surface area contributed by atoms with Crippen molar-refractivity contribution in [1.82, 2.24) is 9.55 Å². The van der Waals surface area contributed by atoms with Crippen LogP contribution < -0.4 is 5.32 Å². The molecule has 0 saturated heterocycles. The zero-order chi connectivity index (χ0) is 20.5. The highest BCUT2D eigenvalue weighted by Crippen LogP contribution is 2.55. The number of carbonyl (C=O) groups excluding carboxylic acids is 1. The fourth-order valence-corrected chi connectivity index (χ4v) is 4.27. The standard InChI is InChI=1S/C19H20F5N3O/c1-17(4-3-5-17)27-15-12(21)7-11(20)8-13(15)25-16(27)26-14(28)6-10-9-18(2,22)19(10,23)24/h7-8,10H,3-6,9H2,1-2H3,(H,25,26,28). The maximum absolute atomic E-state index is 14.5. The molecular formula is C19H20F5N3O. The maximum Gasteiger partial charge on any atom is 0.284 e. The molecule has 1 heterocycles. The number of rotatable bonds is 4. The fourth-order valence-electron chi connectivity index (χ4n) is 4.27. The Morgan fingerprint density at radius 2 is 1.93 bits per heavy atom. The van der Waals surface area contributed by atoms with Gasteiger partial charge in [-0.05, 0) is 39.5 Å². The first kappa shape index (κ1) is 19.1. The number of halogens is 5. The molecular weight excluding hydrogens is 381 g/mol. The van der Waals surface area contributed by atoms with E-state index in [1.165, 1.54) is 4.57 Å². The van der Waals surface area contributed by atoms with Crippen LogP contribution in [0.15, 0.2) is 12.1 Å². The number of nitrogens with one attached hydrogen (secondary N) is 1. The van der Waals surface area contributed by atoms with Gasteiger partial charge in [0, 0.05) is 30.0 Å². The second kappa shape index (κ2) is 5.90. The van der Waals surface area contributed by atoms with Gasteiger partial charge >= 0.3 is 0 Å². The van der Waals surface area contributed by atoms with Crippen molar-refractivity contribution in [3.8, 4) is 0 Å². The molecule has 2 unspecified atom stereocenters. The van der Waals surface area contributed by atoms with Crippen molar-refractivity contribution >= 4 is 22.9 Å². The maximum atomic E-state index is 14.5. The molecule has 4 rings (SSSR count). The highest BCUT2D eigenvalue weighted by Gasteiger charge is 2.67. The van der Waals surface area contributed by atoms with Gasteiger partial charge in [-0.2, -0.15) is 0 Å². The van der Waals surface area contributed by atoms with E-state index in [0.717, 1.165) is 25.5 Å². The summed E-state index contributed by atoms with van der Waals surface area (Å²) in [5.41, 5.74) is -3.05. The molecule has 28 heavy (non-hydrogen) atoms. The molecule has 4 nitrogen and oxygen atoms in total. The molecule has 1 amide bonds. The molecule has 2 aliphatic rings. The highest BCUT2D eigenvalue weighted by atomic mass is 19.3. The molecule has 1 N–H and O–H groups in total.